The summed E-state index contributed by atoms with van der Waals surface area (Å²) in [5, 5.41) is 0.222. The van der Waals surface area contributed by atoms with Crippen LogP contribution in [0.25, 0.3) is 11.3 Å². The van der Waals surface area contributed by atoms with Gasteiger partial charge in [-0.15, -0.1) is 0 Å². The molecular weight excluding hydrogens is 231 g/mol. The fourth-order valence-electron chi connectivity index (χ4n) is 1.34. The van der Waals surface area contributed by atoms with Crippen molar-refractivity contribution in [2.45, 2.75) is 0 Å². The van der Waals surface area contributed by atoms with E-state index in [-0.39, 0.29) is 10.9 Å². The maximum absolute atomic E-state index is 13.9. The van der Waals surface area contributed by atoms with E-state index in [2.05, 4.69) is 9.97 Å². The van der Waals surface area contributed by atoms with Crippen molar-refractivity contribution in [2.24, 2.45) is 0 Å². The van der Waals surface area contributed by atoms with Crippen LogP contribution in [0.2, 0.25) is 5.15 Å². The predicted molar refractivity (Wildman–Crippen MR) is 59.0 cm³/mol. The van der Waals surface area contributed by atoms with Crippen molar-refractivity contribution in [1.29, 1.82) is 0 Å². The Morgan fingerprint density at radius 3 is 2.81 bits per heavy atom. The van der Waals surface area contributed by atoms with Gasteiger partial charge in [0.1, 0.15) is 5.15 Å². The zero-order valence-corrected chi connectivity index (χ0v) is 9.20. The molecule has 3 nitrogen and oxygen atoms in total. The maximum Gasteiger partial charge on any atom is 0.174 e. The second-order valence-corrected chi connectivity index (χ2v) is 3.44. The van der Waals surface area contributed by atoms with Crippen LogP contribution in [0.15, 0.2) is 30.6 Å². The molecule has 1 heterocycles. The molecule has 2 rings (SSSR count). The van der Waals surface area contributed by atoms with Gasteiger partial charge in [0.05, 0.1) is 25.2 Å². The van der Waals surface area contributed by atoms with Gasteiger partial charge in [-0.1, -0.05) is 17.7 Å². The third-order valence-electron chi connectivity index (χ3n) is 2.06. The number of nitrogens with zero attached hydrogens (tertiary/aromatic N) is 2. The van der Waals surface area contributed by atoms with E-state index in [1.807, 2.05) is 0 Å². The van der Waals surface area contributed by atoms with Gasteiger partial charge in [-0.2, -0.15) is 0 Å². The molecule has 82 valence electrons. The summed E-state index contributed by atoms with van der Waals surface area (Å²) in [6.07, 6.45) is 2.84. The number of hydrogen-bond donors (Lipinski definition) is 0. The van der Waals surface area contributed by atoms with Crippen molar-refractivity contribution >= 4 is 11.6 Å². The molecule has 0 spiro atoms. The zero-order chi connectivity index (χ0) is 11.5. The SMILES string of the molecule is COc1cccc(-c2cncc(Cl)n2)c1F. The smallest absolute Gasteiger partial charge is 0.174 e. The molecule has 0 amide bonds. The van der Waals surface area contributed by atoms with E-state index < -0.39 is 5.82 Å². The van der Waals surface area contributed by atoms with E-state index in [0.29, 0.717) is 11.3 Å². The fourth-order valence-corrected chi connectivity index (χ4v) is 1.49. The average molecular weight is 239 g/mol. The van der Waals surface area contributed by atoms with Crippen LogP contribution in [0.1, 0.15) is 0 Å². The summed E-state index contributed by atoms with van der Waals surface area (Å²) in [4.78, 5) is 7.84. The first-order chi connectivity index (χ1) is 7.72. The molecular formula is C11H8ClFN2O. The highest BCUT2D eigenvalue weighted by Crippen LogP contribution is 2.27. The minimum absolute atomic E-state index is 0.166. The van der Waals surface area contributed by atoms with Crippen molar-refractivity contribution in [1.82, 2.24) is 9.97 Å². The Kier molecular flexibility index (Phi) is 3.01. The van der Waals surface area contributed by atoms with Crippen molar-refractivity contribution in [3.63, 3.8) is 0 Å². The summed E-state index contributed by atoms with van der Waals surface area (Å²) in [6, 6.07) is 4.81. The van der Waals surface area contributed by atoms with Crippen LogP contribution in [-0.4, -0.2) is 17.1 Å². The summed E-state index contributed by atoms with van der Waals surface area (Å²) in [6.45, 7) is 0. The molecule has 0 unspecified atom stereocenters. The second-order valence-electron chi connectivity index (χ2n) is 3.05. The van der Waals surface area contributed by atoms with E-state index in [1.54, 1.807) is 12.1 Å². The molecule has 0 bridgehead atoms. The lowest BCUT2D eigenvalue weighted by atomic mass is 10.1. The summed E-state index contributed by atoms with van der Waals surface area (Å²) in [5.74, 6) is -0.305. The molecule has 5 heteroatoms. The van der Waals surface area contributed by atoms with E-state index >= 15 is 0 Å². The standard InChI is InChI=1S/C11H8ClFN2O/c1-16-9-4-2-3-7(11(9)13)8-5-14-6-10(12)15-8/h2-6H,1H3. The number of ether oxygens (including phenoxy) is 1. The van der Waals surface area contributed by atoms with Gasteiger partial charge >= 0.3 is 0 Å². The van der Waals surface area contributed by atoms with Gasteiger partial charge in [0.15, 0.2) is 11.6 Å². The number of halogens is 2. The third-order valence-corrected chi connectivity index (χ3v) is 2.25. The summed E-state index contributed by atoms with van der Waals surface area (Å²) in [7, 11) is 1.41. The normalized spacial score (nSPS) is 10.2. The molecule has 1 aromatic carbocycles. The number of aromatic nitrogens is 2. The molecule has 0 radical (unpaired) electrons. The first-order valence-electron chi connectivity index (χ1n) is 4.53. The molecule has 16 heavy (non-hydrogen) atoms. The van der Waals surface area contributed by atoms with Crippen molar-refractivity contribution in [2.75, 3.05) is 7.11 Å². The van der Waals surface area contributed by atoms with E-state index in [9.17, 15) is 4.39 Å². The molecule has 0 atom stereocenters. The Bertz CT molecular complexity index is 519. The maximum atomic E-state index is 13.9. The Hall–Kier alpha value is -1.68. The molecule has 0 fully saturated rings. The lowest BCUT2D eigenvalue weighted by Crippen LogP contribution is -1.93. The predicted octanol–water partition coefficient (Wildman–Crippen LogP) is 2.94. The van der Waals surface area contributed by atoms with Gasteiger partial charge in [0.25, 0.3) is 0 Å². The van der Waals surface area contributed by atoms with Gasteiger partial charge in [-0.05, 0) is 12.1 Å². The van der Waals surface area contributed by atoms with E-state index in [4.69, 9.17) is 16.3 Å². The Morgan fingerprint density at radius 2 is 2.12 bits per heavy atom. The summed E-state index contributed by atoms with van der Waals surface area (Å²) < 4.78 is 18.7. The summed E-state index contributed by atoms with van der Waals surface area (Å²) >= 11 is 5.69. The molecule has 0 N–H and O–H groups in total. The quantitative estimate of drug-likeness (QED) is 0.807. The minimum Gasteiger partial charge on any atom is -0.494 e. The molecule has 0 aliphatic heterocycles. The van der Waals surface area contributed by atoms with Crippen LogP contribution in [0.3, 0.4) is 0 Å². The van der Waals surface area contributed by atoms with Crippen LogP contribution in [0, 0.1) is 5.82 Å². The van der Waals surface area contributed by atoms with E-state index in [0.717, 1.165) is 0 Å². The Balaban J connectivity index is 2.56. The minimum atomic E-state index is -0.471. The number of hydrogen-bond acceptors (Lipinski definition) is 3. The molecule has 0 aliphatic rings. The molecule has 0 saturated carbocycles. The van der Waals surface area contributed by atoms with Crippen LogP contribution < -0.4 is 4.74 Å². The highest BCUT2D eigenvalue weighted by molar-refractivity contribution is 6.29. The van der Waals surface area contributed by atoms with Gasteiger partial charge < -0.3 is 4.74 Å². The van der Waals surface area contributed by atoms with Gasteiger partial charge in [0, 0.05) is 5.56 Å². The Morgan fingerprint density at radius 1 is 1.31 bits per heavy atom. The highest BCUT2D eigenvalue weighted by atomic mass is 35.5. The van der Waals surface area contributed by atoms with Crippen molar-refractivity contribution in [3.05, 3.63) is 41.6 Å². The average Bonchev–Trinajstić information content (AvgIpc) is 2.29. The largest absolute Gasteiger partial charge is 0.494 e. The van der Waals surface area contributed by atoms with Crippen LogP contribution in [0.4, 0.5) is 4.39 Å². The molecule has 1 aromatic heterocycles. The summed E-state index contributed by atoms with van der Waals surface area (Å²) in [5.41, 5.74) is 0.693. The number of benzene rings is 1. The van der Waals surface area contributed by atoms with E-state index in [1.165, 1.54) is 25.6 Å². The van der Waals surface area contributed by atoms with Crippen LogP contribution in [0.5, 0.6) is 5.75 Å². The third kappa shape index (κ3) is 1.97. The fraction of sp³-hybridized carbons (Fsp3) is 0.0909. The highest BCUT2D eigenvalue weighted by Gasteiger charge is 2.11. The first kappa shape index (κ1) is 10.8. The monoisotopic (exact) mass is 238 g/mol. The Labute approximate surface area is 96.9 Å². The zero-order valence-electron chi connectivity index (χ0n) is 8.45. The van der Waals surface area contributed by atoms with Crippen LogP contribution in [-0.2, 0) is 0 Å². The lowest BCUT2D eigenvalue weighted by molar-refractivity contribution is 0.387. The number of methoxy groups -OCH3 is 1. The van der Waals surface area contributed by atoms with Gasteiger partial charge in [-0.3, -0.25) is 4.98 Å². The molecule has 2 aromatic rings. The topological polar surface area (TPSA) is 35.0 Å². The van der Waals surface area contributed by atoms with Gasteiger partial charge in [-0.25, -0.2) is 9.37 Å². The van der Waals surface area contributed by atoms with Crippen LogP contribution >= 0.6 is 11.6 Å². The second kappa shape index (κ2) is 4.45. The van der Waals surface area contributed by atoms with Crippen molar-refractivity contribution in [3.8, 4) is 17.0 Å². The lowest BCUT2D eigenvalue weighted by Gasteiger charge is -2.06. The molecule has 0 saturated heterocycles. The number of rotatable bonds is 2. The first-order valence-corrected chi connectivity index (χ1v) is 4.90. The van der Waals surface area contributed by atoms with Crippen molar-refractivity contribution < 1.29 is 9.13 Å². The molecule has 0 aliphatic carbocycles. The van der Waals surface area contributed by atoms with Gasteiger partial charge in [0.2, 0.25) is 0 Å².